The van der Waals surface area contributed by atoms with Crippen LogP contribution in [0.15, 0.2) is 30.0 Å². The zero-order chi connectivity index (χ0) is 22.1. The van der Waals surface area contributed by atoms with E-state index >= 15 is 0 Å². The Morgan fingerprint density at radius 1 is 0.933 bits per heavy atom. The number of hydrogen-bond acceptors (Lipinski definition) is 3. The lowest BCUT2D eigenvalue weighted by molar-refractivity contribution is 0.0990. The Bertz CT molecular complexity index is 934. The molecule has 3 rings (SSSR count). The second-order valence-corrected chi connectivity index (χ2v) is 10.5. The van der Waals surface area contributed by atoms with Gasteiger partial charge in [0.2, 0.25) is 5.82 Å². The van der Waals surface area contributed by atoms with Crippen molar-refractivity contribution in [2.24, 2.45) is 5.73 Å². The largest absolute Gasteiger partial charge is 0.363 e. The van der Waals surface area contributed by atoms with Crippen LogP contribution in [0.25, 0.3) is 17.3 Å². The quantitative estimate of drug-likeness (QED) is 0.662. The van der Waals surface area contributed by atoms with Crippen LogP contribution >= 0.6 is 0 Å². The summed E-state index contributed by atoms with van der Waals surface area (Å²) in [4.78, 5) is 20.7. The third-order valence-corrected chi connectivity index (χ3v) is 5.83. The number of benzene rings is 1. The van der Waals surface area contributed by atoms with Crippen LogP contribution in [0.4, 0.5) is 0 Å². The topological polar surface area (TPSA) is 68.9 Å². The lowest BCUT2D eigenvalue weighted by Crippen LogP contribution is -2.18. The van der Waals surface area contributed by atoms with E-state index < -0.39 is 5.91 Å². The fraction of sp³-hybridized carbons (Fsp3) is 0.500. The Balaban J connectivity index is 2.24. The summed E-state index contributed by atoms with van der Waals surface area (Å²) in [6, 6.07) is 6.69. The highest BCUT2D eigenvalue weighted by Gasteiger charge is 2.22. The first kappa shape index (κ1) is 22.2. The second-order valence-electron chi connectivity index (χ2n) is 10.5. The van der Waals surface area contributed by atoms with Gasteiger partial charge in [-0.2, -0.15) is 0 Å². The lowest BCUT2D eigenvalue weighted by atomic mass is 9.79. The van der Waals surface area contributed by atoms with Gasteiger partial charge in [0, 0.05) is 17.3 Å². The highest BCUT2D eigenvalue weighted by atomic mass is 16.1. The van der Waals surface area contributed by atoms with Crippen molar-refractivity contribution in [2.75, 3.05) is 0 Å². The number of allylic oxidation sites excluding steroid dienone is 1. The molecule has 1 aliphatic rings. The standard InChI is InChI=1S/C26H35N3O/c1-25(2,3)20-13-18(14-21(15-20)26(4,5)6)22-19(12-17-10-8-7-9-11-17)16-28-24(29-22)23(27)30/h12-16H,7-11H2,1-6H3,(H2,27,30). The van der Waals surface area contributed by atoms with Crippen molar-refractivity contribution in [3.05, 3.63) is 52.5 Å². The summed E-state index contributed by atoms with van der Waals surface area (Å²) in [7, 11) is 0. The minimum Gasteiger partial charge on any atom is -0.363 e. The molecule has 1 amide bonds. The number of primary amides is 1. The third-order valence-electron chi connectivity index (χ3n) is 5.83. The molecule has 2 N–H and O–H groups in total. The van der Waals surface area contributed by atoms with Gasteiger partial charge >= 0.3 is 0 Å². The molecule has 0 bridgehead atoms. The zero-order valence-electron chi connectivity index (χ0n) is 19.3. The van der Waals surface area contributed by atoms with Gasteiger partial charge in [-0.05, 0) is 59.8 Å². The molecule has 0 unspecified atom stereocenters. The van der Waals surface area contributed by atoms with Crippen LogP contribution < -0.4 is 5.73 Å². The van der Waals surface area contributed by atoms with Gasteiger partial charge in [0.05, 0.1) is 5.69 Å². The van der Waals surface area contributed by atoms with E-state index in [2.05, 4.69) is 75.8 Å². The molecule has 0 saturated heterocycles. The maximum atomic E-state index is 11.8. The smallest absolute Gasteiger partial charge is 0.286 e. The highest BCUT2D eigenvalue weighted by molar-refractivity contribution is 5.90. The van der Waals surface area contributed by atoms with Gasteiger partial charge in [-0.15, -0.1) is 0 Å². The van der Waals surface area contributed by atoms with Crippen molar-refractivity contribution in [3.8, 4) is 11.3 Å². The van der Waals surface area contributed by atoms with Crippen LogP contribution in [0.2, 0.25) is 0 Å². The van der Waals surface area contributed by atoms with Crippen molar-refractivity contribution >= 4 is 12.0 Å². The fourth-order valence-corrected chi connectivity index (χ4v) is 3.85. The van der Waals surface area contributed by atoms with E-state index in [1.807, 2.05) is 0 Å². The summed E-state index contributed by atoms with van der Waals surface area (Å²) in [6.45, 7) is 13.3. The van der Waals surface area contributed by atoms with Crippen molar-refractivity contribution in [3.63, 3.8) is 0 Å². The molecule has 2 aromatic rings. The maximum absolute atomic E-state index is 11.8. The van der Waals surface area contributed by atoms with E-state index in [4.69, 9.17) is 5.73 Å². The van der Waals surface area contributed by atoms with Gasteiger partial charge in [0.15, 0.2) is 0 Å². The van der Waals surface area contributed by atoms with Gasteiger partial charge in [0.1, 0.15) is 0 Å². The Kier molecular flexibility index (Phi) is 6.16. The molecule has 1 saturated carbocycles. The summed E-state index contributed by atoms with van der Waals surface area (Å²) in [5.74, 6) is -0.537. The molecular weight excluding hydrogens is 370 g/mol. The van der Waals surface area contributed by atoms with Crippen molar-refractivity contribution in [1.82, 2.24) is 9.97 Å². The first-order valence-corrected chi connectivity index (χ1v) is 11.0. The van der Waals surface area contributed by atoms with Gasteiger partial charge in [-0.1, -0.05) is 65.7 Å². The van der Waals surface area contributed by atoms with Gasteiger partial charge in [0.25, 0.3) is 5.91 Å². The average molecular weight is 406 g/mol. The average Bonchev–Trinajstić information content (AvgIpc) is 2.67. The second kappa shape index (κ2) is 8.33. The summed E-state index contributed by atoms with van der Waals surface area (Å²) >= 11 is 0. The van der Waals surface area contributed by atoms with E-state index in [9.17, 15) is 4.79 Å². The highest BCUT2D eigenvalue weighted by Crippen LogP contribution is 2.35. The Labute approximate surface area is 181 Å². The lowest BCUT2D eigenvalue weighted by Gasteiger charge is -2.26. The van der Waals surface area contributed by atoms with Gasteiger partial charge < -0.3 is 5.73 Å². The summed E-state index contributed by atoms with van der Waals surface area (Å²) < 4.78 is 0. The van der Waals surface area contributed by atoms with Gasteiger partial charge in [-0.25, -0.2) is 9.97 Å². The molecular formula is C26H35N3O. The number of carbonyl (C=O) groups is 1. The SMILES string of the molecule is CC(C)(C)c1cc(-c2nc(C(N)=O)ncc2C=C2CCCCC2)cc(C(C)(C)C)c1. The predicted octanol–water partition coefficient (Wildman–Crippen LogP) is 6.19. The molecule has 4 nitrogen and oxygen atoms in total. The molecule has 0 radical (unpaired) electrons. The monoisotopic (exact) mass is 405 g/mol. The van der Waals surface area contributed by atoms with Crippen LogP contribution in [0, 0.1) is 0 Å². The van der Waals surface area contributed by atoms with E-state index in [-0.39, 0.29) is 16.7 Å². The Morgan fingerprint density at radius 3 is 2.00 bits per heavy atom. The van der Waals surface area contributed by atoms with Crippen LogP contribution in [0.1, 0.15) is 101 Å². The molecule has 1 aromatic heterocycles. The molecule has 1 aliphatic carbocycles. The van der Waals surface area contributed by atoms with E-state index in [0.29, 0.717) is 0 Å². The van der Waals surface area contributed by atoms with Crippen molar-refractivity contribution < 1.29 is 4.79 Å². The number of hydrogen-bond donors (Lipinski definition) is 1. The van der Waals surface area contributed by atoms with E-state index in [1.165, 1.54) is 36.0 Å². The molecule has 0 atom stereocenters. The normalized spacial score (nSPS) is 15.2. The fourth-order valence-electron chi connectivity index (χ4n) is 3.85. The minimum atomic E-state index is -0.601. The molecule has 0 spiro atoms. The molecule has 4 heteroatoms. The molecule has 1 aromatic carbocycles. The van der Waals surface area contributed by atoms with Crippen LogP contribution in [-0.2, 0) is 10.8 Å². The molecule has 160 valence electrons. The third kappa shape index (κ3) is 5.16. The van der Waals surface area contributed by atoms with Crippen molar-refractivity contribution in [1.29, 1.82) is 0 Å². The van der Waals surface area contributed by atoms with Crippen LogP contribution in [0.5, 0.6) is 0 Å². The number of nitrogens with two attached hydrogens (primary N) is 1. The molecule has 1 heterocycles. The van der Waals surface area contributed by atoms with E-state index in [0.717, 1.165) is 29.7 Å². The number of carbonyl (C=O) groups excluding carboxylic acids is 1. The Hall–Kier alpha value is -2.49. The molecule has 30 heavy (non-hydrogen) atoms. The zero-order valence-corrected chi connectivity index (χ0v) is 19.3. The predicted molar refractivity (Wildman–Crippen MR) is 124 cm³/mol. The Morgan fingerprint density at radius 2 is 1.50 bits per heavy atom. The number of aromatic nitrogens is 2. The minimum absolute atomic E-state index is 0.00243. The van der Waals surface area contributed by atoms with Gasteiger partial charge in [-0.3, -0.25) is 4.79 Å². The van der Waals surface area contributed by atoms with E-state index in [1.54, 1.807) is 6.20 Å². The maximum Gasteiger partial charge on any atom is 0.286 e. The number of amides is 1. The summed E-state index contributed by atoms with van der Waals surface area (Å²) in [5.41, 5.74) is 12.2. The molecule has 0 aliphatic heterocycles. The van der Waals surface area contributed by atoms with Crippen LogP contribution in [0.3, 0.4) is 0 Å². The first-order valence-electron chi connectivity index (χ1n) is 11.0. The van der Waals surface area contributed by atoms with Crippen molar-refractivity contribution in [2.45, 2.75) is 84.5 Å². The first-order chi connectivity index (χ1) is 13.9. The van der Waals surface area contributed by atoms with Crippen LogP contribution in [-0.4, -0.2) is 15.9 Å². The summed E-state index contributed by atoms with van der Waals surface area (Å²) in [5, 5.41) is 0. The number of nitrogens with zero attached hydrogens (tertiary/aromatic N) is 2. The molecule has 1 fully saturated rings. The number of rotatable bonds is 3. The summed E-state index contributed by atoms with van der Waals surface area (Å²) in [6.07, 6.45) is 9.97.